The number of aliphatic imine (C=N–C) groups is 1. The molecule has 0 unspecified atom stereocenters. The van der Waals surface area contributed by atoms with Gasteiger partial charge in [0.25, 0.3) is 0 Å². The summed E-state index contributed by atoms with van der Waals surface area (Å²) in [7, 11) is 1.69. The smallest absolute Gasteiger partial charge is 0.410 e. The van der Waals surface area contributed by atoms with Crippen molar-refractivity contribution in [1.82, 2.24) is 15.5 Å². The Labute approximate surface area is 162 Å². The molecule has 7 heteroatoms. The molecule has 2 rings (SSSR count). The van der Waals surface area contributed by atoms with Crippen molar-refractivity contribution in [3.8, 4) is 0 Å². The minimum atomic E-state index is -0.469. The van der Waals surface area contributed by atoms with Gasteiger partial charge < -0.3 is 25.0 Å². The van der Waals surface area contributed by atoms with Gasteiger partial charge in [0, 0.05) is 26.7 Å². The van der Waals surface area contributed by atoms with E-state index in [0.717, 1.165) is 23.6 Å². The van der Waals surface area contributed by atoms with Gasteiger partial charge in [-0.25, -0.2) is 9.79 Å². The maximum absolute atomic E-state index is 12.0. The van der Waals surface area contributed by atoms with Gasteiger partial charge in [0.05, 0.1) is 19.2 Å². The topological polar surface area (TPSA) is 75.2 Å². The fourth-order valence-electron chi connectivity index (χ4n) is 2.71. The monoisotopic (exact) mass is 376 g/mol. The van der Waals surface area contributed by atoms with Crippen molar-refractivity contribution in [2.24, 2.45) is 4.99 Å². The molecule has 0 aromatic heterocycles. The second-order valence-corrected chi connectivity index (χ2v) is 7.67. The van der Waals surface area contributed by atoms with E-state index in [1.807, 2.05) is 39.8 Å². The molecule has 0 radical (unpaired) electrons. The Balaban J connectivity index is 1.86. The molecule has 1 saturated heterocycles. The number of nitrogens with zero attached hydrogens (tertiary/aromatic N) is 2. The Morgan fingerprint density at radius 3 is 2.63 bits per heavy atom. The average Bonchev–Trinajstić information content (AvgIpc) is 2.54. The zero-order valence-corrected chi connectivity index (χ0v) is 17.0. The van der Waals surface area contributed by atoms with Gasteiger partial charge in [0.2, 0.25) is 0 Å². The molecule has 0 bridgehead atoms. The predicted molar refractivity (Wildman–Crippen MR) is 107 cm³/mol. The maximum Gasteiger partial charge on any atom is 0.410 e. The summed E-state index contributed by atoms with van der Waals surface area (Å²) in [6.07, 6.45) is -0.266. The van der Waals surface area contributed by atoms with Crippen LogP contribution in [0, 0.1) is 0 Å². The minimum absolute atomic E-state index is 0.176. The number of carbonyl (C=O) groups excluding carboxylic acids is 1. The maximum atomic E-state index is 12.0. The minimum Gasteiger partial charge on any atom is -0.444 e. The number of rotatable bonds is 6. The number of guanidine groups is 1. The first-order valence-corrected chi connectivity index (χ1v) is 9.40. The molecule has 0 spiro atoms. The van der Waals surface area contributed by atoms with Crippen LogP contribution in [0.1, 0.15) is 38.8 Å². The Bertz CT molecular complexity index is 649. The molecule has 1 aromatic rings. The van der Waals surface area contributed by atoms with Gasteiger partial charge in [-0.05, 0) is 38.8 Å². The van der Waals surface area contributed by atoms with Crippen LogP contribution in [0.3, 0.4) is 0 Å². The molecule has 1 fully saturated rings. The summed E-state index contributed by atoms with van der Waals surface area (Å²) >= 11 is 0. The first-order chi connectivity index (χ1) is 12.8. The van der Waals surface area contributed by atoms with E-state index in [-0.39, 0.29) is 12.1 Å². The highest BCUT2D eigenvalue weighted by Gasteiger charge is 2.34. The lowest BCUT2D eigenvalue weighted by molar-refractivity contribution is 0.00701. The van der Waals surface area contributed by atoms with Crippen molar-refractivity contribution >= 4 is 12.1 Å². The molecule has 1 aliphatic rings. The second kappa shape index (κ2) is 9.60. The van der Waals surface area contributed by atoms with Gasteiger partial charge in [-0.1, -0.05) is 24.3 Å². The van der Waals surface area contributed by atoms with E-state index in [0.29, 0.717) is 26.2 Å². The van der Waals surface area contributed by atoms with E-state index in [2.05, 4.69) is 27.8 Å². The highest BCUT2D eigenvalue weighted by molar-refractivity contribution is 5.80. The number of amides is 1. The number of nitrogens with one attached hydrogen (secondary N) is 2. The number of hydrogen-bond donors (Lipinski definition) is 2. The van der Waals surface area contributed by atoms with E-state index in [9.17, 15) is 4.79 Å². The third-order valence-corrected chi connectivity index (χ3v) is 3.94. The summed E-state index contributed by atoms with van der Waals surface area (Å²) in [6, 6.07) is 8.39. The Hall–Kier alpha value is -2.28. The van der Waals surface area contributed by atoms with Crippen LogP contribution in [-0.2, 0) is 22.6 Å². The summed E-state index contributed by atoms with van der Waals surface area (Å²) in [6.45, 7) is 10.8. The summed E-state index contributed by atoms with van der Waals surface area (Å²) in [5, 5.41) is 6.63. The largest absolute Gasteiger partial charge is 0.444 e. The summed E-state index contributed by atoms with van der Waals surface area (Å²) < 4.78 is 10.6. The van der Waals surface area contributed by atoms with Gasteiger partial charge in [-0.3, -0.25) is 0 Å². The Kier molecular flexibility index (Phi) is 7.47. The Morgan fingerprint density at radius 2 is 2.00 bits per heavy atom. The van der Waals surface area contributed by atoms with Crippen molar-refractivity contribution in [3.63, 3.8) is 0 Å². The van der Waals surface area contributed by atoms with E-state index >= 15 is 0 Å². The molecule has 1 amide bonds. The van der Waals surface area contributed by atoms with Gasteiger partial charge in [0.1, 0.15) is 5.60 Å². The molecular weight excluding hydrogens is 344 g/mol. The number of benzene rings is 1. The van der Waals surface area contributed by atoms with E-state index in [1.165, 1.54) is 0 Å². The zero-order chi connectivity index (χ0) is 19.9. The van der Waals surface area contributed by atoms with Gasteiger partial charge in [0.15, 0.2) is 5.96 Å². The van der Waals surface area contributed by atoms with Crippen LogP contribution in [0.15, 0.2) is 29.3 Å². The molecule has 150 valence electrons. The molecule has 27 heavy (non-hydrogen) atoms. The predicted octanol–water partition coefficient (Wildman–Crippen LogP) is 2.51. The molecule has 1 aliphatic heterocycles. The second-order valence-electron chi connectivity index (χ2n) is 7.67. The van der Waals surface area contributed by atoms with Crippen molar-refractivity contribution in [1.29, 1.82) is 0 Å². The summed E-state index contributed by atoms with van der Waals surface area (Å²) in [4.78, 5) is 18.4. The summed E-state index contributed by atoms with van der Waals surface area (Å²) in [5.74, 6) is 0.753. The molecule has 1 aromatic carbocycles. The highest BCUT2D eigenvalue weighted by Crippen LogP contribution is 2.15. The number of hydrogen-bond acceptors (Lipinski definition) is 4. The van der Waals surface area contributed by atoms with Gasteiger partial charge in [-0.15, -0.1) is 0 Å². The standard InChI is InChI=1S/C20H32N4O3/c1-6-21-18(22-11-15-8-7-9-16(10-15)14-26-5)23-17-12-24(13-17)19(25)27-20(2,3)4/h7-10,17H,6,11-14H2,1-5H3,(H2,21,22,23). The molecule has 0 aliphatic carbocycles. The molecular formula is C20H32N4O3. The average molecular weight is 377 g/mol. The van der Waals surface area contributed by atoms with Crippen LogP contribution in [-0.4, -0.2) is 55.3 Å². The van der Waals surface area contributed by atoms with Gasteiger partial charge >= 0.3 is 6.09 Å². The highest BCUT2D eigenvalue weighted by atomic mass is 16.6. The normalized spacial score (nSPS) is 15.3. The van der Waals surface area contributed by atoms with Crippen molar-refractivity contribution in [2.45, 2.75) is 52.5 Å². The van der Waals surface area contributed by atoms with Crippen molar-refractivity contribution < 1.29 is 14.3 Å². The third-order valence-electron chi connectivity index (χ3n) is 3.94. The van der Waals surface area contributed by atoms with Gasteiger partial charge in [-0.2, -0.15) is 0 Å². The van der Waals surface area contributed by atoms with Crippen molar-refractivity contribution in [3.05, 3.63) is 35.4 Å². The first kappa shape index (κ1) is 21.0. The quantitative estimate of drug-likeness (QED) is 0.589. The fourth-order valence-corrected chi connectivity index (χ4v) is 2.71. The number of methoxy groups -OCH3 is 1. The lowest BCUT2D eigenvalue weighted by Crippen LogP contribution is -2.63. The van der Waals surface area contributed by atoms with Crippen LogP contribution in [0.4, 0.5) is 4.79 Å². The molecule has 7 nitrogen and oxygen atoms in total. The van der Waals surface area contributed by atoms with Crippen LogP contribution in [0.25, 0.3) is 0 Å². The van der Waals surface area contributed by atoms with E-state index in [4.69, 9.17) is 9.47 Å². The van der Waals surface area contributed by atoms with Crippen LogP contribution < -0.4 is 10.6 Å². The SMILES string of the molecule is CCNC(=NCc1cccc(COC)c1)NC1CN(C(=O)OC(C)(C)C)C1. The molecule has 0 saturated carbocycles. The third kappa shape index (κ3) is 7.09. The van der Waals surface area contributed by atoms with Crippen molar-refractivity contribution in [2.75, 3.05) is 26.7 Å². The van der Waals surface area contributed by atoms with Crippen LogP contribution in [0.2, 0.25) is 0 Å². The zero-order valence-electron chi connectivity index (χ0n) is 17.0. The van der Waals surface area contributed by atoms with Crippen LogP contribution >= 0.6 is 0 Å². The molecule has 2 N–H and O–H groups in total. The lowest BCUT2D eigenvalue weighted by atomic mass is 10.1. The molecule has 1 heterocycles. The molecule has 0 atom stereocenters. The van der Waals surface area contributed by atoms with Crippen LogP contribution in [0.5, 0.6) is 0 Å². The van der Waals surface area contributed by atoms with E-state index < -0.39 is 5.60 Å². The Morgan fingerprint density at radius 1 is 1.30 bits per heavy atom. The summed E-state index contributed by atoms with van der Waals surface area (Å²) in [5.41, 5.74) is 1.80. The number of ether oxygens (including phenoxy) is 2. The lowest BCUT2D eigenvalue weighted by Gasteiger charge is -2.40. The fraction of sp³-hybridized carbons (Fsp3) is 0.600. The number of likely N-dealkylation sites (tertiary alicyclic amines) is 1. The van der Waals surface area contributed by atoms with E-state index in [1.54, 1.807) is 12.0 Å². The number of carbonyl (C=O) groups is 1. The first-order valence-electron chi connectivity index (χ1n) is 9.40.